The number of aliphatic hydroxyl groups is 1. The summed E-state index contributed by atoms with van der Waals surface area (Å²) in [5.74, 6) is -0.811. The molecule has 2 fully saturated rings. The maximum absolute atomic E-state index is 12.3. The molecule has 7 heteroatoms. The van der Waals surface area contributed by atoms with E-state index in [0.717, 1.165) is 18.8 Å². The number of piperidine rings is 1. The first-order valence-corrected chi connectivity index (χ1v) is 7.67. The van der Waals surface area contributed by atoms with Gasteiger partial charge in [0.15, 0.2) is 0 Å². The van der Waals surface area contributed by atoms with Gasteiger partial charge in [0.2, 0.25) is 11.8 Å². The highest BCUT2D eigenvalue weighted by Crippen LogP contribution is 2.25. The van der Waals surface area contributed by atoms with Crippen LogP contribution in [0.25, 0.3) is 0 Å². The van der Waals surface area contributed by atoms with Gasteiger partial charge in [-0.1, -0.05) is 6.07 Å². The van der Waals surface area contributed by atoms with Crippen LogP contribution < -0.4 is 15.5 Å². The van der Waals surface area contributed by atoms with Crippen LogP contribution in [0.1, 0.15) is 23.2 Å². The van der Waals surface area contributed by atoms with E-state index in [1.807, 2.05) is 6.07 Å². The number of anilines is 1. The van der Waals surface area contributed by atoms with Crippen LogP contribution in [0.2, 0.25) is 0 Å². The van der Waals surface area contributed by atoms with Crippen LogP contribution in [-0.2, 0) is 9.59 Å². The van der Waals surface area contributed by atoms with Crippen molar-refractivity contribution in [2.24, 2.45) is 5.92 Å². The molecule has 0 spiro atoms. The monoisotopic (exact) mass is 317 g/mol. The Morgan fingerprint density at radius 2 is 2.13 bits per heavy atom. The van der Waals surface area contributed by atoms with E-state index in [4.69, 9.17) is 5.11 Å². The number of hydrogen-bond donors (Lipinski definition) is 3. The van der Waals surface area contributed by atoms with E-state index in [1.165, 1.54) is 0 Å². The minimum absolute atomic E-state index is 0.173. The number of benzene rings is 1. The number of hydrogen-bond acceptors (Lipinski definition) is 5. The van der Waals surface area contributed by atoms with Gasteiger partial charge in [0.05, 0.1) is 0 Å². The van der Waals surface area contributed by atoms with Crippen molar-refractivity contribution in [1.29, 1.82) is 0 Å². The molecule has 1 atom stereocenters. The first-order valence-electron chi connectivity index (χ1n) is 7.67. The van der Waals surface area contributed by atoms with Crippen LogP contribution in [0, 0.1) is 5.92 Å². The Hall–Kier alpha value is -2.41. The Morgan fingerprint density at radius 3 is 2.83 bits per heavy atom. The van der Waals surface area contributed by atoms with Gasteiger partial charge in [0.1, 0.15) is 6.04 Å². The molecule has 2 aliphatic rings. The number of nitrogens with zero attached hydrogens (tertiary/aromatic N) is 1. The highest BCUT2D eigenvalue weighted by Gasteiger charge is 2.29. The maximum atomic E-state index is 12.3. The lowest BCUT2D eigenvalue weighted by Gasteiger charge is -2.40. The molecule has 3 N–H and O–H groups in total. The SMILES string of the molecule is O=C1CCC(NC(=O)c2cccc(N3CC(CO)C3)c2)C(=O)N1. The highest BCUT2D eigenvalue weighted by molar-refractivity contribution is 6.04. The highest BCUT2D eigenvalue weighted by atomic mass is 16.3. The van der Waals surface area contributed by atoms with E-state index >= 15 is 0 Å². The lowest BCUT2D eigenvalue weighted by Crippen LogP contribution is -2.52. The minimum Gasteiger partial charge on any atom is -0.396 e. The molecule has 2 saturated heterocycles. The molecule has 2 aliphatic heterocycles. The van der Waals surface area contributed by atoms with Crippen LogP contribution in [0.15, 0.2) is 24.3 Å². The summed E-state index contributed by atoms with van der Waals surface area (Å²) in [6, 6.07) is 6.49. The number of aliphatic hydroxyl groups excluding tert-OH is 1. The predicted molar refractivity (Wildman–Crippen MR) is 82.9 cm³/mol. The first-order chi connectivity index (χ1) is 11.1. The Balaban J connectivity index is 1.63. The minimum atomic E-state index is -0.674. The third-order valence-corrected chi connectivity index (χ3v) is 4.23. The molecule has 3 rings (SSSR count). The molecule has 1 unspecified atom stereocenters. The number of nitrogens with one attached hydrogen (secondary N) is 2. The Kier molecular flexibility index (Phi) is 4.29. The Morgan fingerprint density at radius 1 is 1.35 bits per heavy atom. The predicted octanol–water partition coefficient (Wildman–Crippen LogP) is -0.350. The molecule has 0 radical (unpaired) electrons. The molecule has 7 nitrogen and oxygen atoms in total. The topological polar surface area (TPSA) is 98.7 Å². The standard InChI is InChI=1S/C16H19N3O4/c20-9-10-7-19(8-10)12-3-1-2-11(6-12)15(22)17-13-4-5-14(21)18-16(13)23/h1-3,6,10,13,20H,4-5,7-9H2,(H,17,22)(H,18,21,23). The van der Waals surface area contributed by atoms with E-state index in [9.17, 15) is 14.4 Å². The van der Waals surface area contributed by atoms with Gasteiger partial charge in [-0.15, -0.1) is 0 Å². The van der Waals surface area contributed by atoms with Crippen molar-refractivity contribution >= 4 is 23.4 Å². The molecule has 1 aromatic carbocycles. The molecule has 1 aromatic rings. The number of carbonyl (C=O) groups is 3. The van der Waals surface area contributed by atoms with E-state index < -0.39 is 11.9 Å². The van der Waals surface area contributed by atoms with Crippen molar-refractivity contribution in [2.45, 2.75) is 18.9 Å². The van der Waals surface area contributed by atoms with Gasteiger partial charge >= 0.3 is 0 Å². The van der Waals surface area contributed by atoms with E-state index in [-0.39, 0.29) is 30.8 Å². The van der Waals surface area contributed by atoms with Gasteiger partial charge in [-0.05, 0) is 24.6 Å². The zero-order chi connectivity index (χ0) is 16.4. The summed E-state index contributed by atoms with van der Waals surface area (Å²) in [4.78, 5) is 37.2. The van der Waals surface area contributed by atoms with E-state index in [1.54, 1.807) is 18.2 Å². The Labute approximate surface area is 133 Å². The van der Waals surface area contributed by atoms with Gasteiger partial charge in [-0.25, -0.2) is 0 Å². The Bertz CT molecular complexity index is 640. The van der Waals surface area contributed by atoms with Crippen LogP contribution in [0.3, 0.4) is 0 Å². The first kappa shape index (κ1) is 15.5. The van der Waals surface area contributed by atoms with Crippen LogP contribution in [0.5, 0.6) is 0 Å². The average Bonchev–Trinajstić information content (AvgIpc) is 2.49. The quantitative estimate of drug-likeness (QED) is 0.659. The second kappa shape index (κ2) is 6.37. The summed E-state index contributed by atoms with van der Waals surface area (Å²) < 4.78 is 0. The van der Waals surface area contributed by atoms with Crippen molar-refractivity contribution in [3.63, 3.8) is 0 Å². The summed E-state index contributed by atoms with van der Waals surface area (Å²) in [5.41, 5.74) is 1.39. The van der Waals surface area contributed by atoms with Crippen molar-refractivity contribution in [2.75, 3.05) is 24.6 Å². The third-order valence-electron chi connectivity index (χ3n) is 4.23. The van der Waals surface area contributed by atoms with Crippen LogP contribution >= 0.6 is 0 Å². The van der Waals surface area contributed by atoms with Gasteiger partial charge in [-0.2, -0.15) is 0 Å². The maximum Gasteiger partial charge on any atom is 0.252 e. The number of carbonyl (C=O) groups excluding carboxylic acids is 3. The molecule has 0 bridgehead atoms. The summed E-state index contributed by atoms with van der Waals surface area (Å²) >= 11 is 0. The van der Waals surface area contributed by atoms with Crippen LogP contribution in [0.4, 0.5) is 5.69 Å². The lowest BCUT2D eigenvalue weighted by atomic mass is 9.99. The zero-order valence-electron chi connectivity index (χ0n) is 12.6. The summed E-state index contributed by atoms with van der Waals surface area (Å²) in [6.07, 6.45) is 0.549. The van der Waals surface area contributed by atoms with E-state index in [0.29, 0.717) is 12.0 Å². The van der Waals surface area contributed by atoms with Gasteiger partial charge in [0.25, 0.3) is 5.91 Å². The van der Waals surface area contributed by atoms with Gasteiger partial charge < -0.3 is 15.3 Å². The summed E-state index contributed by atoms with van der Waals surface area (Å²) in [5, 5.41) is 14.0. The number of rotatable bonds is 4. The molecule has 3 amide bonds. The molecule has 2 heterocycles. The van der Waals surface area contributed by atoms with Gasteiger partial charge in [0, 0.05) is 43.3 Å². The van der Waals surface area contributed by atoms with Crippen molar-refractivity contribution < 1.29 is 19.5 Å². The smallest absolute Gasteiger partial charge is 0.252 e. The van der Waals surface area contributed by atoms with Crippen molar-refractivity contribution in [3.05, 3.63) is 29.8 Å². The summed E-state index contributed by atoms with van der Waals surface area (Å²) in [6.45, 7) is 1.72. The fraction of sp³-hybridized carbons (Fsp3) is 0.438. The molecule has 0 aliphatic carbocycles. The van der Waals surface area contributed by atoms with Crippen LogP contribution in [-0.4, -0.2) is 48.6 Å². The fourth-order valence-electron chi connectivity index (χ4n) is 2.81. The molecule has 23 heavy (non-hydrogen) atoms. The molecule has 0 saturated carbocycles. The molecule has 0 aromatic heterocycles. The number of amides is 3. The molecular weight excluding hydrogens is 298 g/mol. The third kappa shape index (κ3) is 3.34. The van der Waals surface area contributed by atoms with Crippen molar-refractivity contribution in [3.8, 4) is 0 Å². The normalized spacial score (nSPS) is 21.6. The largest absolute Gasteiger partial charge is 0.396 e. The fourth-order valence-corrected chi connectivity index (χ4v) is 2.81. The van der Waals surface area contributed by atoms with Gasteiger partial charge in [-0.3, -0.25) is 19.7 Å². The van der Waals surface area contributed by atoms with E-state index in [2.05, 4.69) is 15.5 Å². The summed E-state index contributed by atoms with van der Waals surface area (Å²) in [7, 11) is 0. The van der Waals surface area contributed by atoms with Crippen molar-refractivity contribution in [1.82, 2.24) is 10.6 Å². The zero-order valence-corrected chi connectivity index (χ0v) is 12.6. The second-order valence-corrected chi connectivity index (χ2v) is 5.98. The lowest BCUT2D eigenvalue weighted by molar-refractivity contribution is -0.134. The molecular formula is C16H19N3O4. The second-order valence-electron chi connectivity index (χ2n) is 5.98. The molecule has 122 valence electrons. The average molecular weight is 317 g/mol. The number of imide groups is 1.